The van der Waals surface area contributed by atoms with Gasteiger partial charge in [0.25, 0.3) is 0 Å². The molecule has 0 N–H and O–H groups in total. The van der Waals surface area contributed by atoms with Gasteiger partial charge >= 0.3 is 0 Å². The molecule has 1 aromatic carbocycles. The second kappa shape index (κ2) is 6.98. The number of carbonyl (C=O) groups is 1. The second-order valence-corrected chi connectivity index (χ2v) is 6.54. The number of rotatable bonds is 4. The maximum Gasteiger partial charge on any atom is 0.222 e. The van der Waals surface area contributed by atoms with Crippen LogP contribution in [0.4, 0.5) is 0 Å². The monoisotopic (exact) mass is 342 g/mol. The second-order valence-electron chi connectivity index (χ2n) is 6.54. The summed E-state index contributed by atoms with van der Waals surface area (Å²) in [5.41, 5.74) is 2.79. The summed E-state index contributed by atoms with van der Waals surface area (Å²) < 4.78 is 16.6. The molecule has 132 valence electrons. The van der Waals surface area contributed by atoms with Crippen molar-refractivity contribution in [3.63, 3.8) is 0 Å². The van der Waals surface area contributed by atoms with Crippen LogP contribution in [0.1, 0.15) is 24.8 Å². The summed E-state index contributed by atoms with van der Waals surface area (Å²) >= 11 is 0. The summed E-state index contributed by atoms with van der Waals surface area (Å²) in [4.78, 5) is 14.4. The number of amides is 1. The Kier molecular flexibility index (Phi) is 4.55. The zero-order chi connectivity index (χ0) is 17.1. The molecule has 1 spiro atoms. The van der Waals surface area contributed by atoms with Gasteiger partial charge < -0.3 is 18.9 Å². The van der Waals surface area contributed by atoms with Crippen molar-refractivity contribution in [2.45, 2.75) is 31.5 Å². The summed E-state index contributed by atoms with van der Waals surface area (Å²) in [7, 11) is 0. The number of hydrogen-bond donors (Lipinski definition) is 0. The van der Waals surface area contributed by atoms with E-state index in [1.165, 1.54) is 0 Å². The molecule has 0 unspecified atom stereocenters. The molecule has 1 amide bonds. The van der Waals surface area contributed by atoms with Gasteiger partial charge in [0.05, 0.1) is 13.2 Å². The number of nitrogens with zero attached hydrogens (tertiary/aromatic N) is 2. The molecule has 4 rings (SSSR count). The van der Waals surface area contributed by atoms with Crippen LogP contribution in [0.2, 0.25) is 0 Å². The fourth-order valence-corrected chi connectivity index (χ4v) is 3.55. The Morgan fingerprint density at radius 2 is 1.84 bits per heavy atom. The molecular formula is C19H22N2O4. The Morgan fingerprint density at radius 1 is 1.12 bits per heavy atom. The van der Waals surface area contributed by atoms with Crippen molar-refractivity contribution in [2.24, 2.45) is 0 Å². The minimum absolute atomic E-state index is 0.160. The fraction of sp³-hybridized carbons (Fsp3) is 0.474. The normalized spacial score (nSPS) is 19.4. The number of aryl methyl sites for hydroxylation is 1. The molecule has 0 radical (unpaired) electrons. The molecule has 0 atom stereocenters. The van der Waals surface area contributed by atoms with Crippen molar-refractivity contribution < 1.29 is 18.8 Å². The first kappa shape index (κ1) is 16.3. The van der Waals surface area contributed by atoms with Gasteiger partial charge in [-0.1, -0.05) is 35.5 Å². The van der Waals surface area contributed by atoms with Crippen LogP contribution in [-0.2, 0) is 20.7 Å². The number of carbonyl (C=O) groups excluding carboxylic acids is 1. The Bertz CT molecular complexity index is 712. The van der Waals surface area contributed by atoms with E-state index in [-0.39, 0.29) is 5.91 Å². The summed E-state index contributed by atoms with van der Waals surface area (Å²) in [6.45, 7) is 2.69. The predicted octanol–water partition coefficient (Wildman–Crippen LogP) is 2.64. The number of aromatic nitrogens is 1. The van der Waals surface area contributed by atoms with Gasteiger partial charge in [-0.05, 0) is 6.42 Å². The van der Waals surface area contributed by atoms with Gasteiger partial charge in [-0.2, -0.15) is 0 Å². The standard InChI is InChI=1S/C19H22N2O4/c22-17(21-10-8-19(9-11-21)23-12-13-24-19)7-6-16-14-25-20-18(16)15-4-2-1-3-5-15/h1-5,14H,6-13H2. The van der Waals surface area contributed by atoms with E-state index in [9.17, 15) is 4.79 Å². The van der Waals surface area contributed by atoms with Crippen molar-refractivity contribution in [2.75, 3.05) is 26.3 Å². The van der Waals surface area contributed by atoms with E-state index < -0.39 is 5.79 Å². The number of piperidine rings is 1. The Hall–Kier alpha value is -2.18. The lowest BCUT2D eigenvalue weighted by Crippen LogP contribution is -2.47. The number of likely N-dealkylation sites (tertiary alicyclic amines) is 1. The molecule has 0 aliphatic carbocycles. The molecule has 6 nitrogen and oxygen atoms in total. The quantitative estimate of drug-likeness (QED) is 0.855. The molecule has 25 heavy (non-hydrogen) atoms. The third-order valence-corrected chi connectivity index (χ3v) is 4.99. The van der Waals surface area contributed by atoms with Gasteiger partial charge in [0, 0.05) is 43.5 Å². The summed E-state index contributed by atoms with van der Waals surface area (Å²) in [5.74, 6) is -0.279. The van der Waals surface area contributed by atoms with Crippen LogP contribution in [-0.4, -0.2) is 48.1 Å². The van der Waals surface area contributed by atoms with Crippen molar-refractivity contribution in [3.8, 4) is 11.3 Å². The largest absolute Gasteiger partial charge is 0.364 e. The van der Waals surface area contributed by atoms with Gasteiger partial charge in [0.15, 0.2) is 5.79 Å². The molecule has 2 aliphatic rings. The molecule has 6 heteroatoms. The lowest BCUT2D eigenvalue weighted by Gasteiger charge is -2.37. The van der Waals surface area contributed by atoms with E-state index in [2.05, 4.69) is 5.16 Å². The van der Waals surface area contributed by atoms with Crippen molar-refractivity contribution in [1.29, 1.82) is 0 Å². The minimum atomic E-state index is -0.439. The van der Waals surface area contributed by atoms with Crippen LogP contribution >= 0.6 is 0 Å². The molecule has 0 bridgehead atoms. The SMILES string of the molecule is O=C(CCc1conc1-c1ccccc1)N1CCC2(CC1)OCCO2. The topological polar surface area (TPSA) is 64.8 Å². The van der Waals surface area contributed by atoms with Gasteiger partial charge in [-0.3, -0.25) is 4.79 Å². The highest BCUT2D eigenvalue weighted by molar-refractivity contribution is 5.77. The Labute approximate surface area is 146 Å². The summed E-state index contributed by atoms with van der Waals surface area (Å²) in [6.07, 6.45) is 4.22. The van der Waals surface area contributed by atoms with E-state index in [1.807, 2.05) is 35.2 Å². The summed E-state index contributed by atoms with van der Waals surface area (Å²) in [6, 6.07) is 9.89. The highest BCUT2D eigenvalue weighted by Gasteiger charge is 2.40. The third kappa shape index (κ3) is 3.45. The summed E-state index contributed by atoms with van der Waals surface area (Å²) in [5, 5.41) is 4.09. The van der Waals surface area contributed by atoms with Gasteiger partial charge in [0.1, 0.15) is 12.0 Å². The van der Waals surface area contributed by atoms with Gasteiger partial charge in [-0.15, -0.1) is 0 Å². The zero-order valence-electron chi connectivity index (χ0n) is 14.1. The van der Waals surface area contributed by atoms with E-state index in [1.54, 1.807) is 6.26 Å². The maximum absolute atomic E-state index is 12.5. The fourth-order valence-electron chi connectivity index (χ4n) is 3.55. The first-order valence-electron chi connectivity index (χ1n) is 8.80. The van der Waals surface area contributed by atoms with E-state index in [4.69, 9.17) is 14.0 Å². The van der Waals surface area contributed by atoms with Crippen LogP contribution in [0.15, 0.2) is 41.1 Å². The number of benzene rings is 1. The number of hydrogen-bond acceptors (Lipinski definition) is 5. The highest BCUT2D eigenvalue weighted by Crippen LogP contribution is 2.31. The number of ether oxygens (including phenoxy) is 2. The maximum atomic E-state index is 12.5. The zero-order valence-corrected chi connectivity index (χ0v) is 14.1. The first-order chi connectivity index (χ1) is 12.3. The van der Waals surface area contributed by atoms with Crippen molar-refractivity contribution >= 4 is 5.91 Å². The molecule has 3 heterocycles. The minimum Gasteiger partial charge on any atom is -0.364 e. The van der Waals surface area contributed by atoms with Crippen molar-refractivity contribution in [3.05, 3.63) is 42.2 Å². The smallest absolute Gasteiger partial charge is 0.222 e. The first-order valence-corrected chi connectivity index (χ1v) is 8.80. The molecule has 2 aliphatic heterocycles. The van der Waals surface area contributed by atoms with Crippen molar-refractivity contribution in [1.82, 2.24) is 10.1 Å². The average Bonchev–Trinajstić information content (AvgIpc) is 3.31. The average molecular weight is 342 g/mol. The molecule has 2 fully saturated rings. The lowest BCUT2D eigenvalue weighted by molar-refractivity contribution is -0.187. The third-order valence-electron chi connectivity index (χ3n) is 4.99. The van der Waals surface area contributed by atoms with Gasteiger partial charge in [0.2, 0.25) is 5.91 Å². The Morgan fingerprint density at radius 3 is 2.56 bits per heavy atom. The lowest BCUT2D eigenvalue weighted by atomic mass is 10.0. The molecule has 2 aromatic rings. The van der Waals surface area contributed by atoms with E-state index in [0.29, 0.717) is 39.1 Å². The van der Waals surface area contributed by atoms with Crippen LogP contribution in [0.5, 0.6) is 0 Å². The predicted molar refractivity (Wildman–Crippen MR) is 90.7 cm³/mol. The van der Waals surface area contributed by atoms with Crippen LogP contribution < -0.4 is 0 Å². The highest BCUT2D eigenvalue weighted by atomic mass is 16.7. The van der Waals surface area contributed by atoms with Crippen LogP contribution in [0.3, 0.4) is 0 Å². The van der Waals surface area contributed by atoms with E-state index in [0.717, 1.165) is 29.7 Å². The molecule has 0 saturated carbocycles. The van der Waals surface area contributed by atoms with Crippen LogP contribution in [0, 0.1) is 0 Å². The Balaban J connectivity index is 1.33. The molecule has 2 saturated heterocycles. The van der Waals surface area contributed by atoms with Crippen LogP contribution in [0.25, 0.3) is 11.3 Å². The van der Waals surface area contributed by atoms with Gasteiger partial charge in [-0.25, -0.2) is 0 Å². The molecule has 1 aromatic heterocycles. The van der Waals surface area contributed by atoms with E-state index >= 15 is 0 Å². The molecular weight excluding hydrogens is 320 g/mol.